The Bertz CT molecular complexity index is 466. The zero-order valence-electron chi connectivity index (χ0n) is 11.9. The number of phenolic OH excluding ortho intramolecular Hbond substituents is 1. The first-order valence-corrected chi connectivity index (χ1v) is 7.31. The summed E-state index contributed by atoms with van der Waals surface area (Å²) in [4.78, 5) is 20.2. The molecule has 0 radical (unpaired) electrons. The third-order valence-corrected chi connectivity index (χ3v) is 2.75. The Morgan fingerprint density at radius 2 is 2.14 bits per heavy atom. The van der Waals surface area contributed by atoms with Crippen molar-refractivity contribution in [3.63, 3.8) is 0 Å². The summed E-state index contributed by atoms with van der Waals surface area (Å²) >= 11 is 3.22. The van der Waals surface area contributed by atoms with Crippen molar-refractivity contribution in [3.05, 3.63) is 28.3 Å². The van der Waals surface area contributed by atoms with Crippen molar-refractivity contribution in [3.8, 4) is 11.5 Å². The van der Waals surface area contributed by atoms with Crippen LogP contribution in [0.1, 0.15) is 19.8 Å². The van der Waals surface area contributed by atoms with Gasteiger partial charge in [0.1, 0.15) is 0 Å². The highest BCUT2D eigenvalue weighted by Crippen LogP contribution is 2.29. The van der Waals surface area contributed by atoms with Crippen LogP contribution < -0.4 is 4.74 Å². The molecule has 0 aliphatic heterocycles. The van der Waals surface area contributed by atoms with Crippen molar-refractivity contribution in [2.24, 2.45) is 0 Å². The lowest BCUT2D eigenvalue weighted by Gasteiger charge is -2.00. The average Bonchev–Trinajstić information content (AvgIpc) is 2.46. The molecule has 1 N–H and O–H groups in total. The number of benzene rings is 1. The van der Waals surface area contributed by atoms with Gasteiger partial charge in [0.2, 0.25) is 0 Å². The highest BCUT2D eigenvalue weighted by molar-refractivity contribution is 9.09. The first-order chi connectivity index (χ1) is 9.96. The minimum atomic E-state index is -0.584. The van der Waals surface area contributed by atoms with Crippen LogP contribution in [-0.4, -0.2) is 35.0 Å². The maximum Gasteiger partial charge on any atom is 0.305 e. The van der Waals surface area contributed by atoms with E-state index in [0.29, 0.717) is 13.0 Å². The summed E-state index contributed by atoms with van der Waals surface area (Å²) < 4.78 is 9.39. The zero-order chi connectivity index (χ0) is 16.3. The number of nitro benzene ring substituents is 1. The van der Waals surface area contributed by atoms with Crippen LogP contribution in [0, 0.1) is 10.1 Å². The molecule has 1 aromatic rings. The number of hydrogen-bond donors (Lipinski definition) is 1. The normalized spacial score (nSPS) is 9.29. The van der Waals surface area contributed by atoms with Gasteiger partial charge in [-0.15, -0.1) is 0 Å². The van der Waals surface area contributed by atoms with Gasteiger partial charge < -0.3 is 14.6 Å². The predicted molar refractivity (Wildman–Crippen MR) is 81.0 cm³/mol. The topological polar surface area (TPSA) is 98.9 Å². The molecule has 0 fully saturated rings. The van der Waals surface area contributed by atoms with Crippen LogP contribution in [0.4, 0.5) is 5.69 Å². The van der Waals surface area contributed by atoms with Gasteiger partial charge in [0, 0.05) is 17.8 Å². The van der Waals surface area contributed by atoms with Crippen molar-refractivity contribution in [2.45, 2.75) is 19.8 Å². The van der Waals surface area contributed by atoms with Gasteiger partial charge in [0.15, 0.2) is 11.5 Å². The SMILES string of the molecule is CCOC(=O)CCCBr.COc1ccc([N+](=O)[O-])cc1O. The van der Waals surface area contributed by atoms with Crippen LogP contribution in [0.2, 0.25) is 0 Å². The lowest BCUT2D eigenvalue weighted by molar-refractivity contribution is -0.385. The van der Waals surface area contributed by atoms with E-state index < -0.39 is 4.92 Å². The third-order valence-electron chi connectivity index (χ3n) is 2.19. The number of nitro groups is 1. The second-order valence-electron chi connectivity index (χ2n) is 3.71. The molecule has 0 unspecified atom stereocenters. The molecular weight excluding hydrogens is 346 g/mol. The third kappa shape index (κ3) is 8.13. The number of carbonyl (C=O) groups excluding carboxylic acids is 1. The molecule has 1 rings (SSSR count). The molecule has 0 spiro atoms. The van der Waals surface area contributed by atoms with E-state index in [0.717, 1.165) is 17.8 Å². The van der Waals surface area contributed by atoms with Gasteiger partial charge in [-0.1, -0.05) is 15.9 Å². The fraction of sp³-hybridized carbons (Fsp3) is 0.462. The molecule has 0 aliphatic carbocycles. The van der Waals surface area contributed by atoms with Crippen molar-refractivity contribution >= 4 is 27.6 Å². The van der Waals surface area contributed by atoms with Gasteiger partial charge in [0.05, 0.1) is 24.7 Å². The van der Waals surface area contributed by atoms with Crippen LogP contribution in [0.15, 0.2) is 18.2 Å². The van der Waals surface area contributed by atoms with Gasteiger partial charge in [-0.05, 0) is 19.4 Å². The second kappa shape index (κ2) is 10.9. The molecule has 0 amide bonds. The van der Waals surface area contributed by atoms with Crippen LogP contribution in [0.3, 0.4) is 0 Å². The van der Waals surface area contributed by atoms with Crippen molar-refractivity contribution in [2.75, 3.05) is 19.0 Å². The number of esters is 1. The summed E-state index contributed by atoms with van der Waals surface area (Å²) in [6.45, 7) is 2.30. The number of carbonyl (C=O) groups is 1. The minimum absolute atomic E-state index is 0.100. The molecule has 0 atom stereocenters. The molecule has 1 aromatic carbocycles. The van der Waals surface area contributed by atoms with E-state index in [4.69, 9.17) is 9.84 Å². The van der Waals surface area contributed by atoms with Crippen LogP contribution >= 0.6 is 15.9 Å². The number of phenols is 1. The largest absolute Gasteiger partial charge is 0.504 e. The van der Waals surface area contributed by atoms with E-state index in [1.807, 2.05) is 6.92 Å². The number of halogens is 1. The highest BCUT2D eigenvalue weighted by atomic mass is 79.9. The van der Waals surface area contributed by atoms with Gasteiger partial charge >= 0.3 is 5.97 Å². The summed E-state index contributed by atoms with van der Waals surface area (Å²) in [6, 6.07) is 3.64. The highest BCUT2D eigenvalue weighted by Gasteiger charge is 2.09. The molecular formula is C13H18BrNO6. The lowest BCUT2D eigenvalue weighted by Crippen LogP contribution is -2.03. The van der Waals surface area contributed by atoms with Crippen LogP contribution in [0.25, 0.3) is 0 Å². The number of ether oxygens (including phenoxy) is 2. The number of hydrogen-bond acceptors (Lipinski definition) is 6. The molecule has 0 saturated heterocycles. The monoisotopic (exact) mass is 363 g/mol. The number of aromatic hydroxyl groups is 1. The molecule has 0 aromatic heterocycles. The van der Waals surface area contributed by atoms with Gasteiger partial charge in [-0.3, -0.25) is 14.9 Å². The van der Waals surface area contributed by atoms with E-state index in [1.54, 1.807) is 0 Å². The first kappa shape index (κ1) is 19.2. The fourth-order valence-corrected chi connectivity index (χ4v) is 1.52. The lowest BCUT2D eigenvalue weighted by atomic mass is 10.3. The molecule has 0 aliphatic rings. The molecule has 21 heavy (non-hydrogen) atoms. The molecule has 0 saturated carbocycles. The molecule has 7 nitrogen and oxygen atoms in total. The zero-order valence-corrected chi connectivity index (χ0v) is 13.5. The number of rotatable bonds is 6. The number of nitrogens with zero attached hydrogens (tertiary/aromatic N) is 1. The molecule has 118 valence electrons. The van der Waals surface area contributed by atoms with Gasteiger partial charge in [-0.2, -0.15) is 0 Å². The Kier molecular flexibility index (Phi) is 9.95. The van der Waals surface area contributed by atoms with Crippen molar-refractivity contribution < 1.29 is 24.3 Å². The predicted octanol–water partition coefficient (Wildman–Crippen LogP) is 3.03. The Balaban J connectivity index is 0.000000400. The Morgan fingerprint density at radius 1 is 1.48 bits per heavy atom. The Morgan fingerprint density at radius 3 is 2.57 bits per heavy atom. The standard InChI is InChI=1S/C7H7NO4.C6H11BrO2/c1-12-7-3-2-5(8(10)11)4-6(7)9;1-2-9-6(8)4-3-5-7/h2-4,9H,1H3;2-5H2,1H3. The van der Waals surface area contributed by atoms with Crippen LogP contribution in [-0.2, 0) is 9.53 Å². The minimum Gasteiger partial charge on any atom is -0.504 e. The van der Waals surface area contributed by atoms with E-state index >= 15 is 0 Å². The molecule has 0 heterocycles. The summed E-state index contributed by atoms with van der Waals surface area (Å²) in [7, 11) is 1.38. The summed E-state index contributed by atoms with van der Waals surface area (Å²) in [5, 5.41) is 20.2. The molecule has 0 bridgehead atoms. The van der Waals surface area contributed by atoms with E-state index in [-0.39, 0.29) is 23.2 Å². The first-order valence-electron chi connectivity index (χ1n) is 6.19. The van der Waals surface area contributed by atoms with Gasteiger partial charge in [-0.25, -0.2) is 0 Å². The maximum atomic E-state index is 10.6. The molecule has 8 heteroatoms. The number of non-ortho nitro benzene ring substituents is 1. The summed E-state index contributed by atoms with van der Waals surface area (Å²) in [5.74, 6) is -0.107. The van der Waals surface area contributed by atoms with Crippen molar-refractivity contribution in [1.29, 1.82) is 0 Å². The van der Waals surface area contributed by atoms with E-state index in [2.05, 4.69) is 20.7 Å². The summed E-state index contributed by atoms with van der Waals surface area (Å²) in [6.07, 6.45) is 1.39. The summed E-state index contributed by atoms with van der Waals surface area (Å²) in [5.41, 5.74) is -0.159. The maximum absolute atomic E-state index is 10.6. The Labute approximate surface area is 131 Å². The Hall–Kier alpha value is -1.83. The van der Waals surface area contributed by atoms with E-state index in [1.165, 1.54) is 19.2 Å². The quantitative estimate of drug-likeness (QED) is 0.361. The fourth-order valence-electron chi connectivity index (χ4n) is 1.24. The van der Waals surface area contributed by atoms with Gasteiger partial charge in [0.25, 0.3) is 5.69 Å². The second-order valence-corrected chi connectivity index (χ2v) is 4.50. The van der Waals surface area contributed by atoms with Crippen LogP contribution in [0.5, 0.6) is 11.5 Å². The smallest absolute Gasteiger partial charge is 0.305 e. The average molecular weight is 364 g/mol. The van der Waals surface area contributed by atoms with Crippen molar-refractivity contribution in [1.82, 2.24) is 0 Å². The van der Waals surface area contributed by atoms with E-state index in [9.17, 15) is 14.9 Å². The number of alkyl halides is 1. The number of methoxy groups -OCH3 is 1.